The molecule has 4 nitrogen and oxygen atoms in total. The molecule has 100 valence electrons. The third-order valence-electron chi connectivity index (χ3n) is 3.70. The van der Waals surface area contributed by atoms with E-state index in [1.54, 1.807) is 0 Å². The minimum absolute atomic E-state index is 0.235. The van der Waals surface area contributed by atoms with E-state index in [0.717, 1.165) is 49.7 Å². The number of piperidine rings is 1. The maximum absolute atomic E-state index is 9.74. The molecular weight excluding hydrogens is 226 g/mol. The molecule has 0 aromatic carbocycles. The van der Waals surface area contributed by atoms with Crippen molar-refractivity contribution >= 4 is 5.82 Å². The molecule has 2 heterocycles. The second kappa shape index (κ2) is 5.65. The summed E-state index contributed by atoms with van der Waals surface area (Å²) in [4.78, 5) is 11.2. The van der Waals surface area contributed by atoms with Crippen molar-refractivity contribution in [3.05, 3.63) is 17.6 Å². The first-order valence-electron chi connectivity index (χ1n) is 6.87. The molecule has 1 aromatic heterocycles. The highest BCUT2D eigenvalue weighted by molar-refractivity contribution is 5.40. The summed E-state index contributed by atoms with van der Waals surface area (Å²) in [5.41, 5.74) is 1.09. The first-order valence-corrected chi connectivity index (χ1v) is 6.87. The summed E-state index contributed by atoms with van der Waals surface area (Å²) in [6.45, 7) is 7.87. The Kier molecular flexibility index (Phi) is 4.17. The lowest BCUT2D eigenvalue weighted by Crippen LogP contribution is -2.40. The number of hydrogen-bond donors (Lipinski definition) is 1. The Hall–Kier alpha value is -1.16. The molecule has 1 N–H and O–H groups in total. The molecule has 2 atom stereocenters. The first kappa shape index (κ1) is 13.3. The van der Waals surface area contributed by atoms with Crippen LogP contribution in [0.2, 0.25) is 0 Å². The average Bonchev–Trinajstić information content (AvgIpc) is 2.38. The van der Waals surface area contributed by atoms with Crippen LogP contribution in [0.3, 0.4) is 0 Å². The van der Waals surface area contributed by atoms with E-state index in [0.29, 0.717) is 5.92 Å². The monoisotopic (exact) mass is 249 g/mol. The van der Waals surface area contributed by atoms with Crippen molar-refractivity contribution in [2.24, 2.45) is 5.92 Å². The summed E-state index contributed by atoms with van der Waals surface area (Å²) in [5.74, 6) is 2.22. The second-order valence-electron chi connectivity index (χ2n) is 5.21. The molecule has 18 heavy (non-hydrogen) atoms. The van der Waals surface area contributed by atoms with Gasteiger partial charge in [-0.2, -0.15) is 0 Å². The van der Waals surface area contributed by atoms with Crippen LogP contribution in [0.25, 0.3) is 0 Å². The Morgan fingerprint density at radius 2 is 2.28 bits per heavy atom. The zero-order chi connectivity index (χ0) is 13.1. The topological polar surface area (TPSA) is 49.2 Å². The van der Waals surface area contributed by atoms with Gasteiger partial charge in [0.25, 0.3) is 0 Å². The highest BCUT2D eigenvalue weighted by atomic mass is 16.3. The van der Waals surface area contributed by atoms with Crippen LogP contribution in [0.5, 0.6) is 0 Å². The summed E-state index contributed by atoms with van der Waals surface area (Å²) in [7, 11) is 0. The molecule has 1 aliphatic rings. The fourth-order valence-electron chi connectivity index (χ4n) is 2.57. The normalized spacial score (nSPS) is 22.0. The summed E-state index contributed by atoms with van der Waals surface area (Å²) < 4.78 is 0. The largest absolute Gasteiger partial charge is 0.393 e. The average molecular weight is 249 g/mol. The molecule has 1 saturated heterocycles. The Balaban J connectivity index is 2.17. The van der Waals surface area contributed by atoms with Crippen LogP contribution >= 0.6 is 0 Å². The second-order valence-corrected chi connectivity index (χ2v) is 5.21. The molecule has 1 aliphatic heterocycles. The van der Waals surface area contributed by atoms with Gasteiger partial charge in [0.15, 0.2) is 0 Å². The fourth-order valence-corrected chi connectivity index (χ4v) is 2.57. The van der Waals surface area contributed by atoms with Crippen LogP contribution < -0.4 is 4.90 Å². The summed E-state index contributed by atoms with van der Waals surface area (Å²) >= 11 is 0. The molecule has 0 aliphatic carbocycles. The van der Waals surface area contributed by atoms with Crippen molar-refractivity contribution in [2.45, 2.75) is 46.1 Å². The fraction of sp³-hybridized carbons (Fsp3) is 0.714. The Labute approximate surface area is 109 Å². The summed E-state index contributed by atoms with van der Waals surface area (Å²) in [5, 5.41) is 9.74. The van der Waals surface area contributed by atoms with E-state index in [1.165, 1.54) is 0 Å². The van der Waals surface area contributed by atoms with Gasteiger partial charge in [0.2, 0.25) is 0 Å². The zero-order valence-corrected chi connectivity index (χ0v) is 11.6. The number of aryl methyl sites for hydroxylation is 2. The number of anilines is 1. The van der Waals surface area contributed by atoms with Gasteiger partial charge in [-0.3, -0.25) is 0 Å². The molecule has 1 fully saturated rings. The number of aliphatic hydroxyl groups is 1. The molecule has 4 heteroatoms. The molecule has 2 rings (SSSR count). The third kappa shape index (κ3) is 2.99. The molecule has 0 radical (unpaired) electrons. The van der Waals surface area contributed by atoms with Crippen molar-refractivity contribution < 1.29 is 5.11 Å². The maximum atomic E-state index is 9.74. The van der Waals surface area contributed by atoms with Gasteiger partial charge >= 0.3 is 0 Å². The lowest BCUT2D eigenvalue weighted by atomic mass is 9.93. The summed E-state index contributed by atoms with van der Waals surface area (Å²) in [6, 6.07) is 2.08. The number of rotatable bonds is 3. The quantitative estimate of drug-likeness (QED) is 0.889. The highest BCUT2D eigenvalue weighted by Crippen LogP contribution is 2.24. The predicted octanol–water partition coefficient (Wildman–Crippen LogP) is 1.94. The van der Waals surface area contributed by atoms with Crippen LogP contribution in [-0.4, -0.2) is 34.3 Å². The van der Waals surface area contributed by atoms with Gasteiger partial charge in [-0.25, -0.2) is 9.97 Å². The minimum atomic E-state index is -0.235. The van der Waals surface area contributed by atoms with Crippen LogP contribution in [-0.2, 0) is 6.42 Å². The van der Waals surface area contributed by atoms with Gasteiger partial charge in [-0.15, -0.1) is 0 Å². The number of hydrogen-bond acceptors (Lipinski definition) is 4. The van der Waals surface area contributed by atoms with Crippen LogP contribution in [0.1, 0.15) is 38.2 Å². The van der Waals surface area contributed by atoms with Gasteiger partial charge in [-0.1, -0.05) is 6.92 Å². The van der Waals surface area contributed by atoms with Gasteiger partial charge in [0.05, 0.1) is 6.10 Å². The molecular formula is C14H23N3O. The molecule has 0 bridgehead atoms. The van der Waals surface area contributed by atoms with E-state index < -0.39 is 0 Å². The predicted molar refractivity (Wildman–Crippen MR) is 72.8 cm³/mol. The lowest BCUT2D eigenvalue weighted by molar-refractivity contribution is 0.115. The van der Waals surface area contributed by atoms with E-state index in [9.17, 15) is 5.11 Å². The highest BCUT2D eigenvalue weighted by Gasteiger charge is 2.24. The number of aliphatic hydroxyl groups excluding tert-OH is 1. The molecule has 0 saturated carbocycles. The Bertz CT molecular complexity index is 406. The minimum Gasteiger partial charge on any atom is -0.393 e. The molecule has 2 unspecified atom stereocenters. The number of aromatic nitrogens is 2. The Morgan fingerprint density at radius 3 is 2.94 bits per heavy atom. The van der Waals surface area contributed by atoms with E-state index in [4.69, 9.17) is 0 Å². The third-order valence-corrected chi connectivity index (χ3v) is 3.70. The van der Waals surface area contributed by atoms with Crippen LogP contribution in [0, 0.1) is 12.8 Å². The smallest absolute Gasteiger partial charge is 0.132 e. The van der Waals surface area contributed by atoms with Crippen molar-refractivity contribution in [3.63, 3.8) is 0 Å². The van der Waals surface area contributed by atoms with Crippen LogP contribution in [0.15, 0.2) is 6.07 Å². The van der Waals surface area contributed by atoms with Gasteiger partial charge in [0.1, 0.15) is 11.6 Å². The van der Waals surface area contributed by atoms with E-state index >= 15 is 0 Å². The van der Waals surface area contributed by atoms with Gasteiger partial charge < -0.3 is 10.0 Å². The van der Waals surface area contributed by atoms with E-state index in [1.807, 2.05) is 13.8 Å². The molecule has 0 amide bonds. The van der Waals surface area contributed by atoms with E-state index in [-0.39, 0.29) is 6.10 Å². The van der Waals surface area contributed by atoms with Gasteiger partial charge in [-0.05, 0) is 33.1 Å². The lowest BCUT2D eigenvalue weighted by Gasteiger charge is -2.35. The van der Waals surface area contributed by atoms with E-state index in [2.05, 4.69) is 27.9 Å². The van der Waals surface area contributed by atoms with Crippen molar-refractivity contribution in [3.8, 4) is 0 Å². The van der Waals surface area contributed by atoms with Crippen LogP contribution in [0.4, 0.5) is 5.82 Å². The summed E-state index contributed by atoms with van der Waals surface area (Å²) in [6.07, 6.45) is 2.93. The maximum Gasteiger partial charge on any atom is 0.132 e. The Morgan fingerprint density at radius 1 is 1.50 bits per heavy atom. The van der Waals surface area contributed by atoms with Crippen molar-refractivity contribution in [1.82, 2.24) is 9.97 Å². The number of nitrogens with zero attached hydrogens (tertiary/aromatic N) is 3. The molecule has 1 aromatic rings. The standard InChI is InChI=1S/C14H23N3O/c1-4-13-8-14(16-11(3)15-13)17-7-5-6-12(9-17)10(2)18/h8,10,12,18H,4-7,9H2,1-3H3. The molecule has 0 spiro atoms. The zero-order valence-electron chi connectivity index (χ0n) is 11.6. The SMILES string of the molecule is CCc1cc(N2CCCC(C(C)O)C2)nc(C)n1. The first-order chi connectivity index (χ1) is 8.60. The van der Waals surface area contributed by atoms with Crippen molar-refractivity contribution in [1.29, 1.82) is 0 Å². The van der Waals surface area contributed by atoms with Gasteiger partial charge in [0, 0.05) is 30.8 Å². The van der Waals surface area contributed by atoms with Crippen molar-refractivity contribution in [2.75, 3.05) is 18.0 Å².